The maximum Gasteiger partial charge on any atom is 0.0900 e. The number of nitrogens with one attached hydrogen (secondary N) is 1. The maximum atomic E-state index is 8.96. The van der Waals surface area contributed by atoms with Crippen molar-refractivity contribution < 1.29 is 5.11 Å². The second kappa shape index (κ2) is 6.33. The Bertz CT molecular complexity index is 325. The molecule has 2 N–H and O–H groups in total. The number of aliphatic hydroxyl groups excluding tert-OH is 1. The highest BCUT2D eigenvalue weighted by Gasteiger charge is 2.16. The van der Waals surface area contributed by atoms with E-state index in [9.17, 15) is 0 Å². The Morgan fingerprint density at radius 1 is 1.44 bits per heavy atom. The smallest absolute Gasteiger partial charge is 0.0900 e. The van der Waals surface area contributed by atoms with Gasteiger partial charge in [-0.1, -0.05) is 6.92 Å². The van der Waals surface area contributed by atoms with Crippen molar-refractivity contribution in [2.24, 2.45) is 0 Å². The lowest BCUT2D eigenvalue weighted by Crippen LogP contribution is -2.32. The molecule has 0 aliphatic rings. The zero-order valence-electron chi connectivity index (χ0n) is 10.6. The molecule has 3 nitrogen and oxygen atoms in total. The fraction of sp³-hybridized carbons (Fsp3) is 0.750. The van der Waals surface area contributed by atoms with Crippen LogP contribution in [0.3, 0.4) is 0 Å². The molecule has 1 rings (SSSR count). The van der Waals surface area contributed by atoms with Gasteiger partial charge < -0.3 is 10.4 Å². The molecule has 0 spiro atoms. The standard InChI is InChI=1S/C12H22N2OS/c1-5-11(6-7-15)13-8(2)12-9(3)16-10(4)14-12/h8,11,13,15H,5-7H2,1-4H3. The summed E-state index contributed by atoms with van der Waals surface area (Å²) >= 11 is 1.75. The number of aryl methyl sites for hydroxylation is 2. The number of aromatic nitrogens is 1. The quantitative estimate of drug-likeness (QED) is 0.806. The monoisotopic (exact) mass is 242 g/mol. The highest BCUT2D eigenvalue weighted by atomic mass is 32.1. The van der Waals surface area contributed by atoms with Crippen molar-refractivity contribution in [1.82, 2.24) is 10.3 Å². The first-order valence-electron chi connectivity index (χ1n) is 5.89. The molecule has 1 aromatic heterocycles. The van der Waals surface area contributed by atoms with Crippen molar-refractivity contribution >= 4 is 11.3 Å². The van der Waals surface area contributed by atoms with Gasteiger partial charge in [0.1, 0.15) is 0 Å². The lowest BCUT2D eigenvalue weighted by atomic mass is 10.1. The van der Waals surface area contributed by atoms with E-state index in [1.165, 1.54) is 4.88 Å². The second-order valence-corrected chi connectivity index (χ2v) is 5.59. The number of hydrogen-bond donors (Lipinski definition) is 2. The molecule has 2 unspecified atom stereocenters. The van der Waals surface area contributed by atoms with E-state index in [-0.39, 0.29) is 12.6 Å². The van der Waals surface area contributed by atoms with Crippen LogP contribution >= 0.6 is 11.3 Å². The lowest BCUT2D eigenvalue weighted by Gasteiger charge is -2.21. The molecule has 0 aromatic carbocycles. The van der Waals surface area contributed by atoms with Gasteiger partial charge in [0, 0.05) is 23.6 Å². The highest BCUT2D eigenvalue weighted by molar-refractivity contribution is 7.11. The minimum Gasteiger partial charge on any atom is -0.396 e. The van der Waals surface area contributed by atoms with Crippen LogP contribution in [0.25, 0.3) is 0 Å². The van der Waals surface area contributed by atoms with Crippen molar-refractivity contribution in [2.75, 3.05) is 6.61 Å². The van der Waals surface area contributed by atoms with Crippen LogP contribution < -0.4 is 5.32 Å². The Morgan fingerprint density at radius 3 is 2.56 bits per heavy atom. The van der Waals surface area contributed by atoms with Crippen molar-refractivity contribution in [2.45, 2.75) is 52.6 Å². The van der Waals surface area contributed by atoms with Crippen molar-refractivity contribution in [1.29, 1.82) is 0 Å². The average molecular weight is 242 g/mol. The second-order valence-electron chi connectivity index (χ2n) is 4.18. The van der Waals surface area contributed by atoms with Crippen LogP contribution in [0.1, 0.15) is 48.3 Å². The summed E-state index contributed by atoms with van der Waals surface area (Å²) in [5, 5.41) is 13.6. The van der Waals surface area contributed by atoms with Crippen LogP contribution in [-0.2, 0) is 0 Å². The van der Waals surface area contributed by atoms with E-state index in [0.717, 1.165) is 23.5 Å². The SMILES string of the molecule is CCC(CCO)NC(C)c1nc(C)sc1C. The Morgan fingerprint density at radius 2 is 2.12 bits per heavy atom. The number of hydrogen-bond acceptors (Lipinski definition) is 4. The van der Waals surface area contributed by atoms with Gasteiger partial charge in [0.25, 0.3) is 0 Å². The predicted molar refractivity (Wildman–Crippen MR) is 68.9 cm³/mol. The Balaban J connectivity index is 2.63. The van der Waals surface area contributed by atoms with Gasteiger partial charge in [-0.05, 0) is 33.6 Å². The first-order chi connectivity index (χ1) is 7.58. The van der Waals surface area contributed by atoms with Crippen LogP contribution in [-0.4, -0.2) is 22.7 Å². The number of nitrogens with zero attached hydrogens (tertiary/aromatic N) is 1. The molecule has 0 saturated heterocycles. The zero-order chi connectivity index (χ0) is 12.1. The van der Waals surface area contributed by atoms with Gasteiger partial charge >= 0.3 is 0 Å². The summed E-state index contributed by atoms with van der Waals surface area (Å²) in [5.74, 6) is 0. The topological polar surface area (TPSA) is 45.1 Å². The van der Waals surface area contributed by atoms with E-state index >= 15 is 0 Å². The molecule has 0 aliphatic carbocycles. The molecule has 0 bridgehead atoms. The Hall–Kier alpha value is -0.450. The van der Waals surface area contributed by atoms with E-state index in [0.29, 0.717) is 6.04 Å². The molecule has 0 fully saturated rings. The number of rotatable bonds is 6. The van der Waals surface area contributed by atoms with Gasteiger partial charge in [-0.15, -0.1) is 11.3 Å². The fourth-order valence-corrected chi connectivity index (χ4v) is 2.85. The summed E-state index contributed by atoms with van der Waals surface area (Å²) in [4.78, 5) is 5.84. The summed E-state index contributed by atoms with van der Waals surface area (Å²) in [7, 11) is 0. The van der Waals surface area contributed by atoms with Gasteiger partial charge in [-0.3, -0.25) is 0 Å². The zero-order valence-corrected chi connectivity index (χ0v) is 11.4. The van der Waals surface area contributed by atoms with E-state index in [2.05, 4.69) is 31.1 Å². The van der Waals surface area contributed by atoms with Gasteiger partial charge in [0.15, 0.2) is 0 Å². The van der Waals surface area contributed by atoms with Crippen molar-refractivity contribution in [3.05, 3.63) is 15.6 Å². The molecule has 0 aliphatic heterocycles. The van der Waals surface area contributed by atoms with Crippen LogP contribution in [0.15, 0.2) is 0 Å². The van der Waals surface area contributed by atoms with Crippen LogP contribution in [0.5, 0.6) is 0 Å². The van der Waals surface area contributed by atoms with E-state index in [1.54, 1.807) is 11.3 Å². The Labute approximate surface area is 102 Å². The molecular weight excluding hydrogens is 220 g/mol. The van der Waals surface area contributed by atoms with Crippen LogP contribution in [0, 0.1) is 13.8 Å². The first-order valence-corrected chi connectivity index (χ1v) is 6.71. The van der Waals surface area contributed by atoms with Gasteiger partial charge in [-0.2, -0.15) is 0 Å². The molecule has 92 valence electrons. The third kappa shape index (κ3) is 3.54. The molecule has 2 atom stereocenters. The summed E-state index contributed by atoms with van der Waals surface area (Å²) in [6.07, 6.45) is 1.84. The molecule has 0 radical (unpaired) electrons. The highest BCUT2D eigenvalue weighted by Crippen LogP contribution is 2.23. The molecule has 0 saturated carbocycles. The predicted octanol–water partition coefficient (Wildman–Crippen LogP) is 2.57. The fourth-order valence-electron chi connectivity index (χ4n) is 1.94. The van der Waals surface area contributed by atoms with Crippen molar-refractivity contribution in [3.63, 3.8) is 0 Å². The average Bonchev–Trinajstić information content (AvgIpc) is 2.57. The Kier molecular flexibility index (Phi) is 5.38. The first kappa shape index (κ1) is 13.6. The maximum absolute atomic E-state index is 8.96. The van der Waals surface area contributed by atoms with E-state index < -0.39 is 0 Å². The molecule has 1 heterocycles. The molecule has 1 aromatic rings. The van der Waals surface area contributed by atoms with Crippen LogP contribution in [0.2, 0.25) is 0 Å². The number of thiazole rings is 1. The minimum atomic E-state index is 0.243. The molecule has 4 heteroatoms. The number of aliphatic hydroxyl groups is 1. The third-order valence-corrected chi connectivity index (χ3v) is 3.71. The minimum absolute atomic E-state index is 0.243. The van der Waals surface area contributed by atoms with E-state index in [4.69, 9.17) is 5.11 Å². The lowest BCUT2D eigenvalue weighted by molar-refractivity contribution is 0.256. The van der Waals surface area contributed by atoms with Crippen LogP contribution in [0.4, 0.5) is 0 Å². The van der Waals surface area contributed by atoms with Gasteiger partial charge in [0.2, 0.25) is 0 Å². The van der Waals surface area contributed by atoms with E-state index in [1.807, 2.05) is 6.92 Å². The van der Waals surface area contributed by atoms with Gasteiger partial charge in [0.05, 0.1) is 10.7 Å². The largest absolute Gasteiger partial charge is 0.396 e. The van der Waals surface area contributed by atoms with Gasteiger partial charge in [-0.25, -0.2) is 4.98 Å². The third-order valence-electron chi connectivity index (χ3n) is 2.81. The summed E-state index contributed by atoms with van der Waals surface area (Å²) in [6.45, 7) is 8.68. The molecule has 16 heavy (non-hydrogen) atoms. The summed E-state index contributed by atoms with van der Waals surface area (Å²) < 4.78 is 0. The summed E-state index contributed by atoms with van der Waals surface area (Å²) in [6, 6.07) is 0.642. The summed E-state index contributed by atoms with van der Waals surface area (Å²) in [5.41, 5.74) is 1.15. The molecular formula is C12H22N2OS. The molecule has 0 amide bonds. The van der Waals surface area contributed by atoms with Crippen molar-refractivity contribution in [3.8, 4) is 0 Å². The normalized spacial score (nSPS) is 15.1.